The monoisotopic (exact) mass is 302 g/mol. The highest BCUT2D eigenvalue weighted by atomic mass is 32.1. The standard InChI is InChI=1S/C15H18N4OS/c20-14(12-17-13-4-2-1-3-5-13)18-7-9-19(10-8-18)15-16-6-11-21-15/h1-6,11,17H,7-10,12H2. The quantitative estimate of drug-likeness (QED) is 0.937. The average Bonchev–Trinajstić information content (AvgIpc) is 3.08. The number of rotatable bonds is 4. The highest BCUT2D eigenvalue weighted by Crippen LogP contribution is 2.18. The van der Waals surface area contributed by atoms with E-state index in [-0.39, 0.29) is 5.91 Å². The number of anilines is 2. The fraction of sp³-hybridized carbons (Fsp3) is 0.333. The largest absolute Gasteiger partial charge is 0.376 e. The normalized spacial score (nSPS) is 15.0. The summed E-state index contributed by atoms with van der Waals surface area (Å²) in [6.07, 6.45) is 1.82. The first-order valence-corrected chi connectivity index (χ1v) is 7.92. The SMILES string of the molecule is O=C(CNc1ccccc1)N1CCN(c2nccs2)CC1. The van der Waals surface area contributed by atoms with Gasteiger partial charge in [0.2, 0.25) is 5.91 Å². The molecule has 0 saturated carbocycles. The lowest BCUT2D eigenvalue weighted by molar-refractivity contribution is -0.129. The molecule has 0 atom stereocenters. The van der Waals surface area contributed by atoms with Crippen molar-refractivity contribution in [1.82, 2.24) is 9.88 Å². The number of thiazole rings is 1. The zero-order valence-corrected chi connectivity index (χ0v) is 12.6. The number of nitrogens with zero attached hydrogens (tertiary/aromatic N) is 3. The number of para-hydroxylation sites is 1. The molecule has 6 heteroatoms. The molecule has 3 rings (SSSR count). The summed E-state index contributed by atoms with van der Waals surface area (Å²) in [6.45, 7) is 3.57. The van der Waals surface area contributed by atoms with E-state index in [2.05, 4.69) is 15.2 Å². The molecule has 2 aromatic rings. The van der Waals surface area contributed by atoms with Crippen LogP contribution >= 0.6 is 11.3 Å². The van der Waals surface area contributed by atoms with Gasteiger partial charge in [0.05, 0.1) is 6.54 Å². The maximum atomic E-state index is 12.2. The van der Waals surface area contributed by atoms with Gasteiger partial charge in [-0.15, -0.1) is 11.3 Å². The van der Waals surface area contributed by atoms with Gasteiger partial charge in [-0.05, 0) is 12.1 Å². The molecule has 1 fully saturated rings. The number of hydrogen-bond donors (Lipinski definition) is 1. The predicted molar refractivity (Wildman–Crippen MR) is 85.8 cm³/mol. The van der Waals surface area contributed by atoms with Crippen LogP contribution in [0, 0.1) is 0 Å². The number of carbonyl (C=O) groups is 1. The van der Waals surface area contributed by atoms with Crippen molar-refractivity contribution in [2.24, 2.45) is 0 Å². The minimum absolute atomic E-state index is 0.151. The summed E-state index contributed by atoms with van der Waals surface area (Å²) in [4.78, 5) is 20.7. The van der Waals surface area contributed by atoms with Crippen molar-refractivity contribution in [3.63, 3.8) is 0 Å². The van der Waals surface area contributed by atoms with Crippen LogP contribution in [-0.2, 0) is 4.79 Å². The Morgan fingerprint density at radius 2 is 1.95 bits per heavy atom. The number of benzene rings is 1. The number of nitrogens with one attached hydrogen (secondary N) is 1. The van der Waals surface area contributed by atoms with Crippen molar-refractivity contribution in [3.8, 4) is 0 Å². The van der Waals surface area contributed by atoms with Crippen LogP contribution in [0.1, 0.15) is 0 Å². The summed E-state index contributed by atoms with van der Waals surface area (Å²) >= 11 is 1.65. The van der Waals surface area contributed by atoms with E-state index in [0.717, 1.165) is 37.0 Å². The first-order chi connectivity index (χ1) is 10.3. The Balaban J connectivity index is 1.47. The molecule has 5 nitrogen and oxygen atoms in total. The van der Waals surface area contributed by atoms with Gasteiger partial charge in [-0.2, -0.15) is 0 Å². The van der Waals surface area contributed by atoms with E-state index in [4.69, 9.17) is 0 Å². The molecule has 1 amide bonds. The van der Waals surface area contributed by atoms with Crippen LogP contribution in [0.3, 0.4) is 0 Å². The van der Waals surface area contributed by atoms with Gasteiger partial charge in [0.1, 0.15) is 0 Å². The van der Waals surface area contributed by atoms with E-state index in [1.165, 1.54) is 0 Å². The van der Waals surface area contributed by atoms with Gasteiger partial charge in [-0.3, -0.25) is 4.79 Å². The summed E-state index contributed by atoms with van der Waals surface area (Å²) < 4.78 is 0. The molecule has 0 bridgehead atoms. The van der Waals surface area contributed by atoms with Crippen LogP contribution in [0.4, 0.5) is 10.8 Å². The Morgan fingerprint density at radius 3 is 2.62 bits per heavy atom. The summed E-state index contributed by atoms with van der Waals surface area (Å²) in [6, 6.07) is 9.81. The second kappa shape index (κ2) is 6.58. The second-order valence-corrected chi connectivity index (χ2v) is 5.78. The van der Waals surface area contributed by atoms with Crippen LogP contribution in [0.15, 0.2) is 41.9 Å². The van der Waals surface area contributed by atoms with E-state index in [1.54, 1.807) is 11.3 Å². The van der Waals surface area contributed by atoms with E-state index in [1.807, 2.05) is 46.8 Å². The lowest BCUT2D eigenvalue weighted by atomic mass is 10.3. The molecular formula is C15H18N4OS. The van der Waals surface area contributed by atoms with Gasteiger partial charge in [-0.1, -0.05) is 18.2 Å². The van der Waals surface area contributed by atoms with Crippen LogP contribution in [0.2, 0.25) is 0 Å². The average molecular weight is 302 g/mol. The number of amides is 1. The number of aromatic nitrogens is 1. The van der Waals surface area contributed by atoms with E-state index >= 15 is 0 Å². The molecule has 0 unspecified atom stereocenters. The summed E-state index contributed by atoms with van der Waals surface area (Å²) in [5, 5.41) is 6.19. The number of carbonyl (C=O) groups excluding carboxylic acids is 1. The molecule has 1 aromatic heterocycles. The molecule has 2 heterocycles. The minimum atomic E-state index is 0.151. The Bertz CT molecular complexity index is 565. The third-order valence-electron chi connectivity index (χ3n) is 3.54. The Kier molecular flexibility index (Phi) is 4.35. The third-order valence-corrected chi connectivity index (χ3v) is 4.37. The fourth-order valence-corrected chi connectivity index (χ4v) is 3.06. The van der Waals surface area contributed by atoms with E-state index in [0.29, 0.717) is 6.54 Å². The van der Waals surface area contributed by atoms with Crippen LogP contribution in [-0.4, -0.2) is 48.5 Å². The molecule has 1 aliphatic rings. The highest BCUT2D eigenvalue weighted by Gasteiger charge is 2.21. The van der Waals surface area contributed by atoms with Crippen molar-refractivity contribution < 1.29 is 4.79 Å². The Morgan fingerprint density at radius 1 is 1.19 bits per heavy atom. The maximum Gasteiger partial charge on any atom is 0.241 e. The van der Waals surface area contributed by atoms with Crippen molar-refractivity contribution in [2.75, 3.05) is 42.9 Å². The molecule has 1 aliphatic heterocycles. The topological polar surface area (TPSA) is 48.5 Å². The third kappa shape index (κ3) is 3.52. The first-order valence-electron chi connectivity index (χ1n) is 7.04. The van der Waals surface area contributed by atoms with Crippen molar-refractivity contribution in [3.05, 3.63) is 41.9 Å². The first kappa shape index (κ1) is 13.9. The minimum Gasteiger partial charge on any atom is -0.376 e. The van der Waals surface area contributed by atoms with Crippen LogP contribution in [0.5, 0.6) is 0 Å². The van der Waals surface area contributed by atoms with Crippen molar-refractivity contribution >= 4 is 28.1 Å². The smallest absolute Gasteiger partial charge is 0.241 e. The van der Waals surface area contributed by atoms with Gasteiger partial charge in [0.25, 0.3) is 0 Å². The zero-order valence-electron chi connectivity index (χ0n) is 11.7. The van der Waals surface area contributed by atoms with Crippen molar-refractivity contribution in [2.45, 2.75) is 0 Å². The van der Waals surface area contributed by atoms with Gasteiger partial charge in [0, 0.05) is 43.4 Å². The van der Waals surface area contributed by atoms with Crippen LogP contribution < -0.4 is 10.2 Å². The Hall–Kier alpha value is -2.08. The summed E-state index contributed by atoms with van der Waals surface area (Å²) in [5.41, 5.74) is 0.979. The molecule has 1 saturated heterocycles. The molecule has 1 N–H and O–H groups in total. The highest BCUT2D eigenvalue weighted by molar-refractivity contribution is 7.13. The summed E-state index contributed by atoms with van der Waals surface area (Å²) in [7, 11) is 0. The lowest BCUT2D eigenvalue weighted by Gasteiger charge is -2.34. The molecule has 0 aliphatic carbocycles. The number of piperazine rings is 1. The molecule has 21 heavy (non-hydrogen) atoms. The van der Waals surface area contributed by atoms with Gasteiger partial charge >= 0.3 is 0 Å². The zero-order chi connectivity index (χ0) is 14.5. The second-order valence-electron chi connectivity index (χ2n) is 4.90. The Labute approximate surface area is 128 Å². The van der Waals surface area contributed by atoms with Crippen LogP contribution in [0.25, 0.3) is 0 Å². The number of hydrogen-bond acceptors (Lipinski definition) is 5. The fourth-order valence-electron chi connectivity index (χ4n) is 2.36. The molecule has 1 aromatic carbocycles. The molecule has 0 radical (unpaired) electrons. The van der Waals surface area contributed by atoms with E-state index < -0.39 is 0 Å². The van der Waals surface area contributed by atoms with E-state index in [9.17, 15) is 4.79 Å². The van der Waals surface area contributed by atoms with Crippen molar-refractivity contribution in [1.29, 1.82) is 0 Å². The molecule has 0 spiro atoms. The predicted octanol–water partition coefficient (Wildman–Crippen LogP) is 1.90. The summed E-state index contributed by atoms with van der Waals surface area (Å²) in [5.74, 6) is 0.151. The van der Waals surface area contributed by atoms with Gasteiger partial charge in [-0.25, -0.2) is 4.98 Å². The molecule has 110 valence electrons. The maximum absolute atomic E-state index is 12.2. The van der Waals surface area contributed by atoms with Gasteiger partial charge in [0.15, 0.2) is 5.13 Å². The van der Waals surface area contributed by atoms with Gasteiger partial charge < -0.3 is 15.1 Å². The lowest BCUT2D eigenvalue weighted by Crippen LogP contribution is -2.50. The molecular weight excluding hydrogens is 284 g/mol.